The van der Waals surface area contributed by atoms with Gasteiger partial charge in [-0.1, -0.05) is 18.2 Å². The lowest BCUT2D eigenvalue weighted by atomic mass is 10.0. The van der Waals surface area contributed by atoms with E-state index < -0.39 is 16.1 Å². The SMILES string of the molecule is COC(=O)c1c(OS(C)(=O)=O)ccc2cc(C(=N)N)ccc12. The minimum atomic E-state index is -3.79. The van der Waals surface area contributed by atoms with Crippen molar-refractivity contribution >= 4 is 32.7 Å². The average molecular weight is 322 g/mol. The van der Waals surface area contributed by atoms with Crippen molar-refractivity contribution in [2.45, 2.75) is 0 Å². The molecular weight excluding hydrogens is 308 g/mol. The molecule has 0 radical (unpaired) electrons. The van der Waals surface area contributed by atoms with Crippen LogP contribution in [0.1, 0.15) is 15.9 Å². The van der Waals surface area contributed by atoms with E-state index in [0.717, 1.165) is 6.26 Å². The normalized spacial score (nSPS) is 11.2. The largest absolute Gasteiger partial charge is 0.465 e. The molecule has 0 amide bonds. The van der Waals surface area contributed by atoms with E-state index in [1.54, 1.807) is 24.3 Å². The maximum Gasteiger partial charge on any atom is 0.342 e. The fraction of sp³-hybridized carbons (Fsp3) is 0.143. The number of nitrogens with two attached hydrogens (primary N) is 1. The Bertz CT molecular complexity index is 874. The minimum Gasteiger partial charge on any atom is -0.465 e. The van der Waals surface area contributed by atoms with Gasteiger partial charge < -0.3 is 14.7 Å². The van der Waals surface area contributed by atoms with Crippen molar-refractivity contribution in [3.8, 4) is 5.75 Å². The van der Waals surface area contributed by atoms with Crippen molar-refractivity contribution < 1.29 is 22.1 Å². The summed E-state index contributed by atoms with van der Waals surface area (Å²) >= 11 is 0. The second-order valence-corrected chi connectivity index (χ2v) is 6.14. The van der Waals surface area contributed by atoms with Gasteiger partial charge in [-0.2, -0.15) is 8.42 Å². The topological polar surface area (TPSA) is 120 Å². The van der Waals surface area contributed by atoms with E-state index in [9.17, 15) is 13.2 Å². The van der Waals surface area contributed by atoms with E-state index in [0.29, 0.717) is 16.3 Å². The molecule has 0 fully saturated rings. The Morgan fingerprint density at radius 1 is 1.23 bits per heavy atom. The highest BCUT2D eigenvalue weighted by Crippen LogP contribution is 2.30. The van der Waals surface area contributed by atoms with Gasteiger partial charge in [0.2, 0.25) is 0 Å². The molecule has 0 aliphatic carbocycles. The zero-order valence-electron chi connectivity index (χ0n) is 11.9. The molecule has 8 heteroatoms. The number of ether oxygens (including phenoxy) is 1. The summed E-state index contributed by atoms with van der Waals surface area (Å²) in [7, 11) is -2.60. The second-order valence-electron chi connectivity index (χ2n) is 4.57. The van der Waals surface area contributed by atoms with E-state index in [1.807, 2.05) is 0 Å². The number of carbonyl (C=O) groups excluding carboxylic acids is 1. The van der Waals surface area contributed by atoms with Crippen molar-refractivity contribution in [1.29, 1.82) is 5.41 Å². The Labute approximate surface area is 127 Å². The van der Waals surface area contributed by atoms with Gasteiger partial charge in [-0.3, -0.25) is 5.41 Å². The molecular formula is C14H14N2O5S. The number of benzene rings is 2. The molecule has 116 valence electrons. The molecule has 7 nitrogen and oxygen atoms in total. The number of hydrogen-bond donors (Lipinski definition) is 2. The van der Waals surface area contributed by atoms with Crippen molar-refractivity contribution in [2.75, 3.05) is 13.4 Å². The summed E-state index contributed by atoms with van der Waals surface area (Å²) in [4.78, 5) is 12.0. The summed E-state index contributed by atoms with van der Waals surface area (Å²) in [5, 5.41) is 8.48. The van der Waals surface area contributed by atoms with Gasteiger partial charge in [-0.05, 0) is 17.5 Å². The lowest BCUT2D eigenvalue weighted by Crippen LogP contribution is -2.12. The molecule has 0 bridgehead atoms. The molecule has 0 aliphatic rings. The van der Waals surface area contributed by atoms with Gasteiger partial charge in [0.1, 0.15) is 11.4 Å². The van der Waals surface area contributed by atoms with Crippen molar-refractivity contribution in [2.24, 2.45) is 5.73 Å². The lowest BCUT2D eigenvalue weighted by molar-refractivity contribution is 0.0601. The van der Waals surface area contributed by atoms with Gasteiger partial charge in [0.25, 0.3) is 0 Å². The monoisotopic (exact) mass is 322 g/mol. The van der Waals surface area contributed by atoms with Crippen LogP contribution in [0.4, 0.5) is 0 Å². The standard InChI is InChI=1S/C14H14N2O5S/c1-20-14(17)12-10-5-3-9(13(15)16)7-8(10)4-6-11(12)21-22(2,18)19/h3-7H,1-2H3,(H3,15,16). The van der Waals surface area contributed by atoms with Crippen LogP contribution in [0.3, 0.4) is 0 Å². The summed E-state index contributed by atoms with van der Waals surface area (Å²) in [5.41, 5.74) is 5.92. The number of carbonyl (C=O) groups is 1. The van der Waals surface area contributed by atoms with Crippen LogP contribution in [0.15, 0.2) is 30.3 Å². The van der Waals surface area contributed by atoms with Crippen molar-refractivity contribution in [3.05, 3.63) is 41.5 Å². The Kier molecular flexibility index (Phi) is 4.05. The van der Waals surface area contributed by atoms with Gasteiger partial charge >= 0.3 is 16.1 Å². The predicted octanol–water partition coefficient (Wildman–Crippen LogP) is 1.25. The molecule has 3 N–H and O–H groups in total. The van der Waals surface area contributed by atoms with E-state index in [4.69, 9.17) is 20.1 Å². The number of nitrogen functional groups attached to an aromatic ring is 1. The molecule has 0 saturated heterocycles. The summed E-state index contributed by atoms with van der Waals surface area (Å²) in [6, 6.07) is 7.68. The van der Waals surface area contributed by atoms with Crippen LogP contribution in [0.5, 0.6) is 5.75 Å². The predicted molar refractivity (Wildman–Crippen MR) is 81.8 cm³/mol. The third-order valence-electron chi connectivity index (χ3n) is 2.92. The Hall–Kier alpha value is -2.61. The molecule has 0 aliphatic heterocycles. The maximum atomic E-state index is 12.0. The first-order valence-corrected chi connectivity index (χ1v) is 7.93. The summed E-state index contributed by atoms with van der Waals surface area (Å²) in [6.07, 6.45) is 0.886. The molecule has 0 spiro atoms. The van der Waals surface area contributed by atoms with Gasteiger partial charge in [0.15, 0.2) is 5.75 Å². The van der Waals surface area contributed by atoms with E-state index in [2.05, 4.69) is 0 Å². The number of methoxy groups -OCH3 is 1. The number of esters is 1. The molecule has 2 rings (SSSR count). The first-order chi connectivity index (χ1) is 10.2. The highest BCUT2D eigenvalue weighted by molar-refractivity contribution is 7.86. The Balaban J connectivity index is 2.75. The van der Waals surface area contributed by atoms with Crippen LogP contribution >= 0.6 is 0 Å². The number of nitrogens with one attached hydrogen (secondary N) is 1. The van der Waals surface area contributed by atoms with E-state index in [-0.39, 0.29) is 17.1 Å². The van der Waals surface area contributed by atoms with E-state index in [1.165, 1.54) is 13.2 Å². The van der Waals surface area contributed by atoms with Crippen LogP contribution in [0.25, 0.3) is 10.8 Å². The van der Waals surface area contributed by atoms with Crippen molar-refractivity contribution in [3.63, 3.8) is 0 Å². The van der Waals surface area contributed by atoms with E-state index >= 15 is 0 Å². The lowest BCUT2D eigenvalue weighted by Gasteiger charge is -2.12. The second kappa shape index (κ2) is 5.64. The van der Waals surface area contributed by atoms with Gasteiger partial charge in [0.05, 0.1) is 13.4 Å². The first-order valence-electron chi connectivity index (χ1n) is 6.12. The third-order valence-corrected chi connectivity index (χ3v) is 3.41. The van der Waals surface area contributed by atoms with Crippen LogP contribution in [-0.4, -0.2) is 33.6 Å². The molecule has 2 aromatic rings. The fourth-order valence-corrected chi connectivity index (χ4v) is 2.49. The molecule has 0 atom stereocenters. The summed E-state index contributed by atoms with van der Waals surface area (Å²) in [6.45, 7) is 0. The highest BCUT2D eigenvalue weighted by Gasteiger charge is 2.20. The Morgan fingerprint density at radius 2 is 1.91 bits per heavy atom. The minimum absolute atomic E-state index is 0.000488. The number of rotatable bonds is 4. The third kappa shape index (κ3) is 3.17. The average Bonchev–Trinajstić information content (AvgIpc) is 2.44. The molecule has 0 saturated carbocycles. The highest BCUT2D eigenvalue weighted by atomic mass is 32.2. The number of amidine groups is 1. The first kappa shape index (κ1) is 15.8. The molecule has 0 heterocycles. The summed E-state index contributed by atoms with van der Waals surface area (Å²) in [5.74, 6) is -0.949. The molecule has 2 aromatic carbocycles. The van der Waals surface area contributed by atoms with Crippen LogP contribution < -0.4 is 9.92 Å². The number of hydrogen-bond acceptors (Lipinski definition) is 6. The summed E-state index contributed by atoms with van der Waals surface area (Å²) < 4.78 is 32.2. The molecule has 22 heavy (non-hydrogen) atoms. The van der Waals surface area contributed by atoms with Gasteiger partial charge in [-0.15, -0.1) is 0 Å². The van der Waals surface area contributed by atoms with Gasteiger partial charge in [0, 0.05) is 10.9 Å². The van der Waals surface area contributed by atoms with Crippen LogP contribution in [0.2, 0.25) is 0 Å². The maximum absolute atomic E-state index is 12.0. The quantitative estimate of drug-likeness (QED) is 0.378. The van der Waals surface area contributed by atoms with Crippen LogP contribution in [-0.2, 0) is 14.9 Å². The van der Waals surface area contributed by atoms with Crippen LogP contribution in [0, 0.1) is 5.41 Å². The van der Waals surface area contributed by atoms with Gasteiger partial charge in [-0.25, -0.2) is 4.79 Å². The van der Waals surface area contributed by atoms with Crippen molar-refractivity contribution in [1.82, 2.24) is 0 Å². The number of fused-ring (bicyclic) bond motifs is 1. The fourth-order valence-electron chi connectivity index (χ4n) is 2.02. The molecule has 0 aromatic heterocycles. The molecule has 0 unspecified atom stereocenters. The zero-order chi connectivity index (χ0) is 16.5. The smallest absolute Gasteiger partial charge is 0.342 e. The zero-order valence-corrected chi connectivity index (χ0v) is 12.7. The Morgan fingerprint density at radius 3 is 2.45 bits per heavy atom.